The molecular formula is C17H16INO3S. The quantitative estimate of drug-likeness (QED) is 0.672. The van der Waals surface area contributed by atoms with Crippen LogP contribution >= 0.6 is 22.6 Å². The maximum absolute atomic E-state index is 12.9. The number of fused-ring (bicyclic) bond motifs is 1. The zero-order chi connectivity index (χ0) is 16.6. The third kappa shape index (κ3) is 3.34. The van der Waals surface area contributed by atoms with Crippen molar-refractivity contribution < 1.29 is 13.2 Å². The number of Topliss-reactive ketones (excluding diaryl/α,β-unsaturated/α-hetero) is 1. The normalized spacial score (nSPS) is 16.0. The van der Waals surface area contributed by atoms with Gasteiger partial charge in [-0.15, -0.1) is 0 Å². The molecule has 0 radical (unpaired) electrons. The van der Waals surface area contributed by atoms with Crippen molar-refractivity contribution in [1.29, 1.82) is 0 Å². The van der Waals surface area contributed by atoms with Crippen LogP contribution in [-0.2, 0) is 16.6 Å². The van der Waals surface area contributed by atoms with Crippen LogP contribution in [0.2, 0.25) is 0 Å². The Hall–Kier alpha value is -1.25. The molecule has 6 heteroatoms. The lowest BCUT2D eigenvalue weighted by atomic mass is 10.0. The van der Waals surface area contributed by atoms with Crippen LogP contribution in [0.3, 0.4) is 0 Å². The summed E-state index contributed by atoms with van der Waals surface area (Å²) in [5.41, 5.74) is 2.41. The number of halogens is 1. The molecule has 0 saturated heterocycles. The number of carbonyl (C=O) groups is 1. The van der Waals surface area contributed by atoms with Crippen molar-refractivity contribution in [3.63, 3.8) is 0 Å². The fraction of sp³-hybridized carbons (Fsp3) is 0.235. The Morgan fingerprint density at radius 1 is 1.09 bits per heavy atom. The Bertz CT molecular complexity index is 860. The van der Waals surface area contributed by atoms with Crippen LogP contribution in [0.15, 0.2) is 47.4 Å². The van der Waals surface area contributed by atoms with Gasteiger partial charge in [0.1, 0.15) is 0 Å². The molecular weight excluding hydrogens is 425 g/mol. The molecule has 0 aliphatic carbocycles. The van der Waals surface area contributed by atoms with E-state index in [2.05, 4.69) is 22.6 Å². The largest absolute Gasteiger partial charge is 0.294 e. The first-order valence-electron chi connectivity index (χ1n) is 7.26. The van der Waals surface area contributed by atoms with Gasteiger partial charge in [0, 0.05) is 28.6 Å². The SMILES string of the molecule is Cc1ccc(S(=O)(=O)N2CCC(=O)c3ccc(I)cc3C2)cc1. The minimum atomic E-state index is -3.60. The number of aryl methyl sites for hydroxylation is 1. The summed E-state index contributed by atoms with van der Waals surface area (Å²) in [4.78, 5) is 12.5. The fourth-order valence-electron chi connectivity index (χ4n) is 2.66. The molecule has 0 bridgehead atoms. The summed E-state index contributed by atoms with van der Waals surface area (Å²) in [7, 11) is -3.60. The van der Waals surface area contributed by atoms with Crippen LogP contribution in [-0.4, -0.2) is 25.1 Å². The average Bonchev–Trinajstić information content (AvgIpc) is 2.67. The average molecular weight is 441 g/mol. The number of sulfonamides is 1. The Kier molecular flexibility index (Phi) is 4.57. The van der Waals surface area contributed by atoms with E-state index in [1.54, 1.807) is 30.3 Å². The van der Waals surface area contributed by atoms with E-state index in [1.807, 2.05) is 19.1 Å². The van der Waals surface area contributed by atoms with Crippen molar-refractivity contribution in [3.8, 4) is 0 Å². The van der Waals surface area contributed by atoms with E-state index >= 15 is 0 Å². The predicted octanol–water partition coefficient (Wildman–Crippen LogP) is 3.38. The highest BCUT2D eigenvalue weighted by Gasteiger charge is 2.29. The van der Waals surface area contributed by atoms with E-state index in [1.165, 1.54) is 4.31 Å². The first-order chi connectivity index (χ1) is 10.9. The Morgan fingerprint density at radius 3 is 2.48 bits per heavy atom. The molecule has 0 fully saturated rings. The highest BCUT2D eigenvalue weighted by atomic mass is 127. The van der Waals surface area contributed by atoms with Gasteiger partial charge in [0.05, 0.1) is 4.90 Å². The van der Waals surface area contributed by atoms with Crippen molar-refractivity contribution in [2.24, 2.45) is 0 Å². The van der Waals surface area contributed by atoms with Crippen molar-refractivity contribution >= 4 is 38.4 Å². The first-order valence-corrected chi connectivity index (χ1v) is 9.78. The molecule has 1 heterocycles. The van der Waals surface area contributed by atoms with Gasteiger partial charge in [-0.3, -0.25) is 4.79 Å². The predicted molar refractivity (Wildman–Crippen MR) is 96.9 cm³/mol. The molecule has 1 aliphatic heterocycles. The van der Waals surface area contributed by atoms with Gasteiger partial charge < -0.3 is 0 Å². The van der Waals surface area contributed by atoms with E-state index in [4.69, 9.17) is 0 Å². The third-order valence-electron chi connectivity index (χ3n) is 3.96. The zero-order valence-corrected chi connectivity index (χ0v) is 15.6. The van der Waals surface area contributed by atoms with Crippen molar-refractivity contribution in [1.82, 2.24) is 4.31 Å². The van der Waals surface area contributed by atoms with E-state index in [9.17, 15) is 13.2 Å². The van der Waals surface area contributed by atoms with Crippen LogP contribution in [0.1, 0.15) is 27.9 Å². The first kappa shape index (κ1) is 16.6. The molecule has 0 saturated carbocycles. The summed E-state index contributed by atoms with van der Waals surface area (Å²) in [6, 6.07) is 12.4. The summed E-state index contributed by atoms with van der Waals surface area (Å²) in [6.07, 6.45) is 0.207. The summed E-state index contributed by atoms with van der Waals surface area (Å²) >= 11 is 2.17. The van der Waals surface area contributed by atoms with Crippen molar-refractivity contribution in [2.75, 3.05) is 6.54 Å². The minimum absolute atomic E-state index is 0.00185. The highest BCUT2D eigenvalue weighted by Crippen LogP contribution is 2.26. The van der Waals surface area contributed by atoms with Crippen LogP contribution in [0.5, 0.6) is 0 Å². The Labute approximate surface area is 149 Å². The lowest BCUT2D eigenvalue weighted by Gasteiger charge is -2.20. The molecule has 0 aromatic heterocycles. The maximum atomic E-state index is 12.9. The van der Waals surface area contributed by atoms with Gasteiger partial charge in [-0.25, -0.2) is 8.42 Å². The second-order valence-corrected chi connectivity index (χ2v) is 8.81. The summed E-state index contributed by atoms with van der Waals surface area (Å²) in [6.45, 7) is 2.35. The molecule has 0 atom stereocenters. The lowest BCUT2D eigenvalue weighted by molar-refractivity contribution is 0.0981. The van der Waals surface area contributed by atoms with Crippen LogP contribution < -0.4 is 0 Å². The van der Waals surface area contributed by atoms with Gasteiger partial charge in [0.2, 0.25) is 10.0 Å². The molecule has 23 heavy (non-hydrogen) atoms. The molecule has 0 spiro atoms. The molecule has 3 rings (SSSR count). The fourth-order valence-corrected chi connectivity index (χ4v) is 4.63. The van der Waals surface area contributed by atoms with Gasteiger partial charge in [-0.1, -0.05) is 23.8 Å². The molecule has 4 nitrogen and oxygen atoms in total. The maximum Gasteiger partial charge on any atom is 0.243 e. The third-order valence-corrected chi connectivity index (χ3v) is 6.49. The zero-order valence-electron chi connectivity index (χ0n) is 12.6. The van der Waals surface area contributed by atoms with Crippen molar-refractivity contribution in [2.45, 2.75) is 24.8 Å². The molecule has 0 amide bonds. The van der Waals surface area contributed by atoms with Crippen LogP contribution in [0.25, 0.3) is 0 Å². The topological polar surface area (TPSA) is 54.5 Å². The summed E-state index contributed by atoms with van der Waals surface area (Å²) < 4.78 is 28.1. The number of rotatable bonds is 2. The number of hydrogen-bond donors (Lipinski definition) is 0. The summed E-state index contributed by atoms with van der Waals surface area (Å²) in [5.74, 6) is -0.00185. The summed E-state index contributed by atoms with van der Waals surface area (Å²) in [5, 5.41) is 0. The lowest BCUT2D eigenvalue weighted by Crippen LogP contribution is -2.31. The monoisotopic (exact) mass is 441 g/mol. The standard InChI is InChI=1S/C17H16INO3S/c1-12-2-5-15(6-3-12)23(21,22)19-9-8-17(20)16-7-4-14(18)10-13(16)11-19/h2-7,10H,8-9,11H2,1H3. The molecule has 1 aliphatic rings. The van der Waals surface area contributed by atoms with Crippen LogP contribution in [0, 0.1) is 10.5 Å². The van der Waals surface area contributed by atoms with Gasteiger partial charge >= 0.3 is 0 Å². The van der Waals surface area contributed by atoms with Crippen LogP contribution in [0.4, 0.5) is 0 Å². The molecule has 2 aromatic carbocycles. The smallest absolute Gasteiger partial charge is 0.243 e. The second kappa shape index (κ2) is 6.33. The number of carbonyl (C=O) groups excluding carboxylic acids is 1. The Morgan fingerprint density at radius 2 is 1.78 bits per heavy atom. The molecule has 2 aromatic rings. The highest BCUT2D eigenvalue weighted by molar-refractivity contribution is 14.1. The van der Waals surface area contributed by atoms with Gasteiger partial charge in [-0.2, -0.15) is 4.31 Å². The van der Waals surface area contributed by atoms with Gasteiger partial charge in [0.25, 0.3) is 0 Å². The molecule has 0 unspecified atom stereocenters. The number of nitrogens with zero attached hydrogens (tertiary/aromatic N) is 1. The number of hydrogen-bond acceptors (Lipinski definition) is 3. The van der Waals surface area contributed by atoms with Gasteiger partial charge in [0.15, 0.2) is 5.78 Å². The second-order valence-electron chi connectivity index (χ2n) is 5.63. The van der Waals surface area contributed by atoms with E-state index in [0.29, 0.717) is 5.56 Å². The number of ketones is 1. The van der Waals surface area contributed by atoms with E-state index in [-0.39, 0.29) is 30.2 Å². The minimum Gasteiger partial charge on any atom is -0.294 e. The van der Waals surface area contributed by atoms with Gasteiger partial charge in [-0.05, 0) is 59.3 Å². The molecule has 0 N–H and O–H groups in total. The van der Waals surface area contributed by atoms with Crippen molar-refractivity contribution in [3.05, 3.63) is 62.7 Å². The van der Waals surface area contributed by atoms with E-state index in [0.717, 1.165) is 14.7 Å². The number of benzene rings is 2. The molecule has 120 valence electrons. The van der Waals surface area contributed by atoms with E-state index < -0.39 is 10.0 Å². The Balaban J connectivity index is 2.00.